The Morgan fingerprint density at radius 2 is 1.67 bits per heavy atom. The zero-order valence-corrected chi connectivity index (χ0v) is 26.5. The van der Waals surface area contributed by atoms with Crippen LogP contribution in [-0.2, 0) is 47.3 Å². The van der Waals surface area contributed by atoms with Crippen molar-refractivity contribution in [3.8, 4) is 0 Å². The molecular formula is C37H40N4O5. The second-order valence-corrected chi connectivity index (χ2v) is 12.2. The van der Waals surface area contributed by atoms with Gasteiger partial charge in [-0.25, -0.2) is 4.79 Å². The Morgan fingerprint density at radius 1 is 0.913 bits per heavy atom. The first-order valence-corrected chi connectivity index (χ1v) is 16.0. The number of para-hydroxylation sites is 1. The molecular weight excluding hydrogens is 580 g/mol. The molecule has 6 rings (SSSR count). The maximum Gasteiger partial charge on any atom is 0.410 e. The van der Waals surface area contributed by atoms with Crippen LogP contribution in [0, 0.1) is 12.8 Å². The van der Waals surface area contributed by atoms with Crippen molar-refractivity contribution in [2.45, 2.75) is 52.2 Å². The third kappa shape index (κ3) is 7.14. The monoisotopic (exact) mass is 620 g/mol. The van der Waals surface area contributed by atoms with Crippen LogP contribution in [0.15, 0.2) is 79.0 Å². The molecule has 46 heavy (non-hydrogen) atoms. The molecule has 0 saturated carbocycles. The number of nitrogens with zero attached hydrogens (tertiary/aromatic N) is 4. The van der Waals surface area contributed by atoms with Gasteiger partial charge in [0.05, 0.1) is 19.3 Å². The number of rotatable bonds is 8. The van der Waals surface area contributed by atoms with Crippen molar-refractivity contribution in [1.82, 2.24) is 14.7 Å². The van der Waals surface area contributed by atoms with Gasteiger partial charge in [-0.15, -0.1) is 0 Å². The van der Waals surface area contributed by atoms with Crippen LogP contribution in [0.2, 0.25) is 0 Å². The molecule has 3 aromatic carbocycles. The zero-order valence-electron chi connectivity index (χ0n) is 26.5. The van der Waals surface area contributed by atoms with Gasteiger partial charge in [-0.2, -0.15) is 5.10 Å². The molecule has 4 aromatic rings. The molecule has 9 heteroatoms. The standard InChI is InChI=1S/C37H40N4O5/c1-26-20-31(36(43)41-23-32-22-38-39(2)34(32)21-30-10-6-7-11-33(30)41)13-12-29(26)14-15-35(42)45-24-28-16-18-40(19-17-28)37(44)46-25-27-8-4-3-5-9-27/h3-13,20,22,28H,14-19,21,23-25H2,1-2H3. The topological polar surface area (TPSA) is 94.0 Å². The number of carbonyl (C=O) groups excluding carboxylic acids is 3. The number of piperidine rings is 1. The van der Waals surface area contributed by atoms with E-state index in [2.05, 4.69) is 11.2 Å². The third-order valence-corrected chi connectivity index (χ3v) is 9.11. The van der Waals surface area contributed by atoms with E-state index in [9.17, 15) is 14.4 Å². The number of anilines is 1. The lowest BCUT2D eigenvalue weighted by molar-refractivity contribution is -0.145. The summed E-state index contributed by atoms with van der Waals surface area (Å²) in [6, 6.07) is 23.4. The van der Waals surface area contributed by atoms with Gasteiger partial charge in [0.15, 0.2) is 0 Å². The molecule has 2 aliphatic rings. The second kappa shape index (κ2) is 14.0. The van der Waals surface area contributed by atoms with Crippen LogP contribution in [0.1, 0.15) is 63.1 Å². The Balaban J connectivity index is 0.974. The van der Waals surface area contributed by atoms with Gasteiger partial charge >= 0.3 is 12.1 Å². The quantitative estimate of drug-likeness (QED) is 0.224. The predicted molar refractivity (Wildman–Crippen MR) is 174 cm³/mol. The highest BCUT2D eigenvalue weighted by atomic mass is 16.6. The van der Waals surface area contributed by atoms with E-state index >= 15 is 0 Å². The molecule has 238 valence electrons. The van der Waals surface area contributed by atoms with Crippen LogP contribution in [0.3, 0.4) is 0 Å². The fourth-order valence-electron chi connectivity index (χ4n) is 6.29. The molecule has 0 unspecified atom stereocenters. The second-order valence-electron chi connectivity index (χ2n) is 12.2. The Kier molecular flexibility index (Phi) is 9.47. The molecule has 0 aliphatic carbocycles. The number of hydrogen-bond donors (Lipinski definition) is 0. The first kappa shape index (κ1) is 31.1. The minimum absolute atomic E-state index is 0.0614. The number of amides is 2. The molecule has 0 spiro atoms. The summed E-state index contributed by atoms with van der Waals surface area (Å²) in [5, 5.41) is 4.43. The van der Waals surface area contributed by atoms with Gasteiger partial charge in [-0.3, -0.25) is 14.3 Å². The zero-order chi connectivity index (χ0) is 32.0. The van der Waals surface area contributed by atoms with Crippen molar-refractivity contribution in [2.75, 3.05) is 24.6 Å². The summed E-state index contributed by atoms with van der Waals surface area (Å²) in [5.41, 5.74) is 7.73. The molecule has 0 atom stereocenters. The Bertz CT molecular complexity index is 1710. The van der Waals surface area contributed by atoms with Crippen molar-refractivity contribution in [2.24, 2.45) is 13.0 Å². The Hall–Kier alpha value is -4.92. The Labute approximate surface area is 269 Å². The van der Waals surface area contributed by atoms with E-state index in [1.807, 2.05) is 96.5 Å². The summed E-state index contributed by atoms with van der Waals surface area (Å²) in [4.78, 5) is 42.5. The third-order valence-electron chi connectivity index (χ3n) is 9.11. The molecule has 0 N–H and O–H groups in total. The van der Waals surface area contributed by atoms with E-state index in [-0.39, 0.29) is 36.9 Å². The van der Waals surface area contributed by atoms with Crippen LogP contribution >= 0.6 is 0 Å². The van der Waals surface area contributed by atoms with Crippen LogP contribution < -0.4 is 4.90 Å². The Morgan fingerprint density at radius 3 is 2.46 bits per heavy atom. The molecule has 0 bridgehead atoms. The maximum atomic E-state index is 13.8. The average molecular weight is 621 g/mol. The first-order chi connectivity index (χ1) is 22.4. The van der Waals surface area contributed by atoms with E-state index in [4.69, 9.17) is 9.47 Å². The van der Waals surface area contributed by atoms with Crippen molar-refractivity contribution in [3.63, 3.8) is 0 Å². The van der Waals surface area contributed by atoms with Gasteiger partial charge in [0.1, 0.15) is 6.61 Å². The number of aromatic nitrogens is 2. The number of benzene rings is 3. The summed E-state index contributed by atoms with van der Waals surface area (Å²) in [5.74, 6) is -0.0764. The fourth-order valence-corrected chi connectivity index (χ4v) is 6.29. The van der Waals surface area contributed by atoms with Crippen LogP contribution in [0.5, 0.6) is 0 Å². The predicted octanol–water partition coefficient (Wildman–Crippen LogP) is 6.00. The number of fused-ring (bicyclic) bond motifs is 2. The van der Waals surface area contributed by atoms with E-state index < -0.39 is 0 Å². The van der Waals surface area contributed by atoms with Gasteiger partial charge < -0.3 is 19.3 Å². The van der Waals surface area contributed by atoms with Gasteiger partial charge in [0.2, 0.25) is 0 Å². The van der Waals surface area contributed by atoms with Gasteiger partial charge in [0, 0.05) is 55.5 Å². The van der Waals surface area contributed by atoms with Crippen molar-refractivity contribution >= 4 is 23.7 Å². The average Bonchev–Trinajstić information content (AvgIpc) is 3.33. The molecule has 3 heterocycles. The number of esters is 1. The summed E-state index contributed by atoms with van der Waals surface area (Å²) in [6.45, 7) is 4.23. The van der Waals surface area contributed by atoms with Crippen LogP contribution in [0.4, 0.5) is 10.5 Å². The lowest BCUT2D eigenvalue weighted by Crippen LogP contribution is -2.39. The van der Waals surface area contributed by atoms with Gasteiger partial charge in [-0.1, -0.05) is 54.6 Å². The summed E-state index contributed by atoms with van der Waals surface area (Å²) in [7, 11) is 1.94. The highest BCUT2D eigenvalue weighted by Crippen LogP contribution is 2.32. The minimum Gasteiger partial charge on any atom is -0.465 e. The lowest BCUT2D eigenvalue weighted by atomic mass is 9.98. The highest BCUT2D eigenvalue weighted by Gasteiger charge is 2.27. The minimum atomic E-state index is -0.304. The van der Waals surface area contributed by atoms with Crippen molar-refractivity contribution in [3.05, 3.63) is 118 Å². The molecule has 1 aromatic heterocycles. The van der Waals surface area contributed by atoms with E-state index in [0.29, 0.717) is 38.2 Å². The van der Waals surface area contributed by atoms with Gasteiger partial charge in [0.25, 0.3) is 5.91 Å². The molecule has 2 aliphatic heterocycles. The van der Waals surface area contributed by atoms with E-state index in [1.54, 1.807) is 4.90 Å². The number of hydrogen-bond acceptors (Lipinski definition) is 6. The molecule has 2 amide bonds. The fraction of sp³-hybridized carbons (Fsp3) is 0.351. The smallest absolute Gasteiger partial charge is 0.410 e. The largest absolute Gasteiger partial charge is 0.465 e. The SMILES string of the molecule is Cc1cc(C(=O)N2Cc3cnn(C)c3Cc3ccccc32)ccc1CCC(=O)OCC1CCN(C(=O)OCc2ccccc2)CC1. The number of aryl methyl sites for hydroxylation is 3. The molecule has 1 saturated heterocycles. The first-order valence-electron chi connectivity index (χ1n) is 16.0. The van der Waals surface area contributed by atoms with E-state index in [0.717, 1.165) is 58.5 Å². The summed E-state index contributed by atoms with van der Waals surface area (Å²) in [6.07, 6.45) is 4.61. The number of carbonyl (C=O) groups is 3. The van der Waals surface area contributed by atoms with E-state index in [1.165, 1.54) is 0 Å². The number of likely N-dealkylation sites (tertiary alicyclic amines) is 1. The summed E-state index contributed by atoms with van der Waals surface area (Å²) >= 11 is 0. The lowest BCUT2D eigenvalue weighted by Gasteiger charge is -2.31. The molecule has 0 radical (unpaired) electrons. The number of ether oxygens (including phenoxy) is 2. The molecule has 9 nitrogen and oxygen atoms in total. The van der Waals surface area contributed by atoms with Crippen LogP contribution in [-0.4, -0.2) is 52.3 Å². The highest BCUT2D eigenvalue weighted by molar-refractivity contribution is 6.06. The van der Waals surface area contributed by atoms with Gasteiger partial charge in [-0.05, 0) is 72.6 Å². The van der Waals surface area contributed by atoms with Crippen molar-refractivity contribution in [1.29, 1.82) is 0 Å². The van der Waals surface area contributed by atoms with Crippen LogP contribution in [0.25, 0.3) is 0 Å². The molecule has 1 fully saturated rings. The van der Waals surface area contributed by atoms with Crippen molar-refractivity contribution < 1.29 is 23.9 Å². The maximum absolute atomic E-state index is 13.8. The normalized spacial score (nSPS) is 14.7. The summed E-state index contributed by atoms with van der Waals surface area (Å²) < 4.78 is 13.0.